The molecule has 5 rings (SSSR count). The van der Waals surface area contributed by atoms with Crippen LogP contribution in [0.2, 0.25) is 0 Å². The molecule has 1 unspecified atom stereocenters. The first-order valence-electron chi connectivity index (χ1n) is 12.6. The van der Waals surface area contributed by atoms with Gasteiger partial charge in [-0.25, -0.2) is 13.8 Å². The molecule has 1 atom stereocenters. The van der Waals surface area contributed by atoms with E-state index in [1.807, 2.05) is 12.3 Å². The highest BCUT2D eigenvalue weighted by atomic mass is 19.2. The average Bonchev–Trinajstić information content (AvgIpc) is 3.29. The first kappa shape index (κ1) is 26.3. The number of hydrogen-bond donors (Lipinski definition) is 1. The topological polar surface area (TPSA) is 78.8 Å². The number of benzene rings is 1. The molecule has 3 aromatic rings. The quantitative estimate of drug-likeness (QED) is 0.475. The number of hydrogen-bond acceptors (Lipinski definition) is 6. The molecule has 0 radical (unpaired) electrons. The summed E-state index contributed by atoms with van der Waals surface area (Å²) >= 11 is 0. The van der Waals surface area contributed by atoms with Gasteiger partial charge in [0.2, 0.25) is 5.95 Å². The number of carbonyl (C=O) groups excluding carboxylic acids is 1. The molecule has 7 nitrogen and oxygen atoms in total. The van der Waals surface area contributed by atoms with Gasteiger partial charge in [-0.3, -0.25) is 9.78 Å². The van der Waals surface area contributed by atoms with Gasteiger partial charge in [0.25, 0.3) is 5.91 Å². The zero-order chi connectivity index (χ0) is 26.9. The number of amides is 1. The largest absolute Gasteiger partial charge is 0.372 e. The summed E-state index contributed by atoms with van der Waals surface area (Å²) in [4.78, 5) is 25.0. The Balaban J connectivity index is 1.23. The molecule has 0 bridgehead atoms. The van der Waals surface area contributed by atoms with E-state index in [9.17, 15) is 23.1 Å². The number of aliphatic hydroxyl groups is 1. The maximum atomic E-state index is 14.0. The third kappa shape index (κ3) is 4.79. The summed E-state index contributed by atoms with van der Waals surface area (Å²) in [6.07, 6.45) is 7.05. The van der Waals surface area contributed by atoms with Crippen molar-refractivity contribution in [2.24, 2.45) is 0 Å². The highest BCUT2D eigenvalue weighted by Crippen LogP contribution is 2.43. The second kappa shape index (κ2) is 10.4. The van der Waals surface area contributed by atoms with E-state index >= 15 is 0 Å². The van der Waals surface area contributed by atoms with E-state index in [1.165, 1.54) is 29.1 Å². The van der Waals surface area contributed by atoms with Crippen molar-refractivity contribution in [3.63, 3.8) is 0 Å². The smallest absolute Gasteiger partial charge is 0.263 e. The van der Waals surface area contributed by atoms with Crippen LogP contribution in [0.25, 0.3) is 0 Å². The average molecular weight is 527 g/mol. The van der Waals surface area contributed by atoms with Crippen molar-refractivity contribution in [2.75, 3.05) is 33.2 Å². The number of carbonyl (C=O) groups is 1. The summed E-state index contributed by atoms with van der Waals surface area (Å²) in [7, 11) is 1.53. The number of ether oxygens (including phenoxy) is 1. The third-order valence-electron chi connectivity index (χ3n) is 7.68. The van der Waals surface area contributed by atoms with Crippen LogP contribution in [0.1, 0.15) is 41.5 Å². The second-order valence-corrected chi connectivity index (χ2v) is 9.95. The van der Waals surface area contributed by atoms with Crippen LogP contribution >= 0.6 is 0 Å². The van der Waals surface area contributed by atoms with Crippen molar-refractivity contribution in [1.29, 1.82) is 0 Å². The molecular formula is C28H29F3N4O3. The van der Waals surface area contributed by atoms with E-state index in [0.29, 0.717) is 19.6 Å². The van der Waals surface area contributed by atoms with E-state index in [0.717, 1.165) is 62.9 Å². The van der Waals surface area contributed by atoms with Gasteiger partial charge in [0, 0.05) is 62.0 Å². The lowest BCUT2D eigenvalue weighted by Gasteiger charge is -2.39. The fourth-order valence-electron chi connectivity index (χ4n) is 5.44. The van der Waals surface area contributed by atoms with Crippen molar-refractivity contribution in [3.05, 3.63) is 94.8 Å². The summed E-state index contributed by atoms with van der Waals surface area (Å²) in [5.41, 5.74) is -0.501. The number of pyridine rings is 2. The number of fused-ring (bicyclic) bond motifs is 2. The lowest BCUT2D eigenvalue weighted by atomic mass is 9.84. The lowest BCUT2D eigenvalue weighted by Crippen LogP contribution is -2.47. The van der Waals surface area contributed by atoms with E-state index in [1.54, 1.807) is 6.20 Å². The Morgan fingerprint density at radius 1 is 1.11 bits per heavy atom. The van der Waals surface area contributed by atoms with E-state index < -0.39 is 29.1 Å². The summed E-state index contributed by atoms with van der Waals surface area (Å²) in [6.45, 7) is 3.33. The van der Waals surface area contributed by atoms with E-state index in [2.05, 4.69) is 14.9 Å². The molecule has 1 aromatic carbocycles. The Kier molecular flexibility index (Phi) is 7.21. The number of likely N-dealkylation sites (tertiary alicyclic amines) is 1. The molecule has 38 heavy (non-hydrogen) atoms. The number of rotatable bonds is 7. The lowest BCUT2D eigenvalue weighted by molar-refractivity contribution is -0.146. The summed E-state index contributed by atoms with van der Waals surface area (Å²) in [6, 6.07) is 6.96. The Hall–Kier alpha value is -3.34. The molecule has 0 saturated carbocycles. The maximum Gasteiger partial charge on any atom is 0.263 e. The Bertz CT molecular complexity index is 1310. The molecule has 2 aliphatic heterocycles. The van der Waals surface area contributed by atoms with Crippen LogP contribution in [0.4, 0.5) is 13.2 Å². The molecule has 0 aliphatic carbocycles. The number of halogens is 3. The molecule has 10 heteroatoms. The molecule has 2 aromatic heterocycles. The predicted molar refractivity (Wildman–Crippen MR) is 132 cm³/mol. The van der Waals surface area contributed by atoms with Crippen molar-refractivity contribution < 1.29 is 27.8 Å². The third-order valence-corrected chi connectivity index (χ3v) is 7.68. The molecule has 2 aliphatic rings. The van der Waals surface area contributed by atoms with Crippen LogP contribution in [0.15, 0.2) is 55.0 Å². The van der Waals surface area contributed by atoms with Gasteiger partial charge in [0.1, 0.15) is 0 Å². The maximum absolute atomic E-state index is 14.0. The first-order chi connectivity index (χ1) is 18.2. The van der Waals surface area contributed by atoms with E-state index in [4.69, 9.17) is 4.74 Å². The molecule has 1 spiro atoms. The molecule has 1 fully saturated rings. The molecule has 200 valence electrons. The minimum atomic E-state index is -2.37. The Labute approximate surface area is 218 Å². The molecular weight excluding hydrogens is 497 g/mol. The zero-order valence-corrected chi connectivity index (χ0v) is 21.0. The van der Waals surface area contributed by atoms with Crippen LogP contribution in [0.5, 0.6) is 0 Å². The normalized spacial score (nSPS) is 18.2. The molecule has 1 saturated heterocycles. The van der Waals surface area contributed by atoms with Crippen molar-refractivity contribution in [3.8, 4) is 0 Å². The highest BCUT2D eigenvalue weighted by Gasteiger charge is 2.44. The Morgan fingerprint density at radius 2 is 1.87 bits per heavy atom. The SMILES string of the molecule is CN(CCCN1CCC2(CC1)OCc1ccncc12)C(=O)C(O)(c1ccc(F)nc1)c1ccc(F)c(F)c1. The van der Waals surface area contributed by atoms with Gasteiger partial charge in [-0.1, -0.05) is 6.07 Å². The van der Waals surface area contributed by atoms with Crippen LogP contribution in [0.3, 0.4) is 0 Å². The monoisotopic (exact) mass is 526 g/mol. The summed E-state index contributed by atoms with van der Waals surface area (Å²) in [5, 5.41) is 11.6. The van der Waals surface area contributed by atoms with Gasteiger partial charge >= 0.3 is 0 Å². The standard InChI is InChI=1S/C28H29F3N4O3/c1-34(11-2-12-35-13-8-27(9-14-35)22-17-32-10-7-19(22)18-38-27)26(36)28(37,21-4-6-25(31)33-16-21)20-3-5-23(29)24(30)15-20/h3-7,10,15-17,37H,2,8-9,11-14,18H2,1H3. The highest BCUT2D eigenvalue weighted by molar-refractivity contribution is 5.89. The number of likely N-dealkylation sites (N-methyl/N-ethyl adjacent to an activating group) is 1. The van der Waals surface area contributed by atoms with Gasteiger partial charge in [0.05, 0.1) is 12.2 Å². The molecule has 1 N–H and O–H groups in total. The van der Waals surface area contributed by atoms with Crippen LogP contribution in [0, 0.1) is 17.6 Å². The van der Waals surface area contributed by atoms with E-state index in [-0.39, 0.29) is 16.7 Å². The predicted octanol–water partition coefficient (Wildman–Crippen LogP) is 3.50. The van der Waals surface area contributed by atoms with Gasteiger partial charge in [-0.2, -0.15) is 4.39 Å². The minimum absolute atomic E-state index is 0.0468. The van der Waals surface area contributed by atoms with Crippen LogP contribution in [-0.4, -0.2) is 64.0 Å². The van der Waals surface area contributed by atoms with Gasteiger partial charge in [-0.15, -0.1) is 0 Å². The summed E-state index contributed by atoms with van der Waals surface area (Å²) in [5.74, 6) is -3.87. The van der Waals surface area contributed by atoms with Crippen molar-refractivity contribution >= 4 is 5.91 Å². The Morgan fingerprint density at radius 3 is 2.58 bits per heavy atom. The molecule has 1 amide bonds. The second-order valence-electron chi connectivity index (χ2n) is 9.95. The number of aromatic nitrogens is 2. The summed E-state index contributed by atoms with van der Waals surface area (Å²) < 4.78 is 47.3. The molecule has 4 heterocycles. The van der Waals surface area contributed by atoms with Crippen LogP contribution < -0.4 is 0 Å². The van der Waals surface area contributed by atoms with Gasteiger partial charge < -0.3 is 19.6 Å². The number of nitrogens with zero attached hydrogens (tertiary/aromatic N) is 4. The zero-order valence-electron chi connectivity index (χ0n) is 21.0. The van der Waals surface area contributed by atoms with Crippen molar-refractivity contribution in [2.45, 2.75) is 37.1 Å². The minimum Gasteiger partial charge on any atom is -0.372 e. The first-order valence-corrected chi connectivity index (χ1v) is 12.6. The fraction of sp³-hybridized carbons (Fsp3) is 0.393. The van der Waals surface area contributed by atoms with Gasteiger partial charge in [0.15, 0.2) is 17.2 Å². The van der Waals surface area contributed by atoms with Crippen molar-refractivity contribution in [1.82, 2.24) is 19.8 Å². The fourth-order valence-corrected chi connectivity index (χ4v) is 5.44. The van der Waals surface area contributed by atoms with Gasteiger partial charge in [-0.05, 0) is 61.7 Å². The number of piperidine rings is 1. The van der Waals surface area contributed by atoms with Crippen LogP contribution in [-0.2, 0) is 27.3 Å².